The third-order valence-corrected chi connectivity index (χ3v) is 6.96. The van der Waals surface area contributed by atoms with E-state index >= 15 is 0 Å². The van der Waals surface area contributed by atoms with Crippen LogP contribution in [0.3, 0.4) is 0 Å². The Morgan fingerprint density at radius 3 is 2.67 bits per heavy atom. The topological polar surface area (TPSA) is 178 Å². The number of hydrogen-bond donors (Lipinski definition) is 6. The molecular formula is C24H33N5O6S. The highest BCUT2D eigenvalue weighted by atomic mass is 32.2. The molecule has 0 spiro atoms. The number of nitrogens with one attached hydrogen (secondary N) is 3. The molecule has 12 heteroatoms. The van der Waals surface area contributed by atoms with E-state index in [-0.39, 0.29) is 6.42 Å². The van der Waals surface area contributed by atoms with Gasteiger partial charge < -0.3 is 36.5 Å². The fourth-order valence-corrected chi connectivity index (χ4v) is 4.83. The summed E-state index contributed by atoms with van der Waals surface area (Å²) >= 11 is 1.52. The van der Waals surface area contributed by atoms with Crippen molar-refractivity contribution in [2.45, 2.75) is 49.9 Å². The average molecular weight is 520 g/mol. The van der Waals surface area contributed by atoms with Crippen molar-refractivity contribution < 1.29 is 29.4 Å². The Kier molecular flexibility index (Phi) is 9.73. The van der Waals surface area contributed by atoms with Crippen molar-refractivity contribution in [3.63, 3.8) is 0 Å². The molecule has 0 saturated carbocycles. The van der Waals surface area contributed by atoms with Crippen molar-refractivity contribution >= 4 is 46.4 Å². The number of likely N-dealkylation sites (tertiary alicyclic amines) is 1. The summed E-state index contributed by atoms with van der Waals surface area (Å²) in [4.78, 5) is 54.8. The van der Waals surface area contributed by atoms with Crippen LogP contribution in [0.1, 0.15) is 24.8 Å². The zero-order chi connectivity index (χ0) is 26.2. The highest BCUT2D eigenvalue weighted by Gasteiger charge is 2.39. The van der Waals surface area contributed by atoms with Crippen LogP contribution in [0, 0.1) is 0 Å². The van der Waals surface area contributed by atoms with E-state index in [0.29, 0.717) is 31.6 Å². The highest BCUT2D eigenvalue weighted by molar-refractivity contribution is 7.98. The average Bonchev–Trinajstić information content (AvgIpc) is 3.52. The molecule has 1 aliphatic rings. The second kappa shape index (κ2) is 12.7. The predicted octanol–water partition coefficient (Wildman–Crippen LogP) is -0.172. The number of nitrogens with two attached hydrogens (primary N) is 1. The Bertz CT molecular complexity index is 1090. The molecule has 4 unspecified atom stereocenters. The van der Waals surface area contributed by atoms with Crippen LogP contribution in [0.2, 0.25) is 0 Å². The monoisotopic (exact) mass is 519 g/mol. The van der Waals surface area contributed by atoms with Gasteiger partial charge in [-0.3, -0.25) is 14.4 Å². The molecule has 1 saturated heterocycles. The second-order valence-corrected chi connectivity index (χ2v) is 9.77. The number of para-hydroxylation sites is 1. The largest absolute Gasteiger partial charge is 0.480 e. The first kappa shape index (κ1) is 27.5. The van der Waals surface area contributed by atoms with Crippen LogP contribution in [0.5, 0.6) is 0 Å². The first-order chi connectivity index (χ1) is 17.3. The number of benzene rings is 1. The quantitative estimate of drug-likeness (QED) is 0.224. The van der Waals surface area contributed by atoms with E-state index in [2.05, 4.69) is 15.6 Å². The summed E-state index contributed by atoms with van der Waals surface area (Å²) in [6.07, 6.45) is 5.26. The predicted molar refractivity (Wildman–Crippen MR) is 136 cm³/mol. The molecule has 0 aliphatic carbocycles. The summed E-state index contributed by atoms with van der Waals surface area (Å²) in [5, 5.41) is 24.3. The van der Waals surface area contributed by atoms with Crippen LogP contribution in [-0.2, 0) is 25.6 Å². The molecule has 196 valence electrons. The Morgan fingerprint density at radius 2 is 1.97 bits per heavy atom. The van der Waals surface area contributed by atoms with Gasteiger partial charge in [-0.2, -0.15) is 11.8 Å². The SMILES string of the molecule is CSCCC(NC(=O)C(N)Cc1c[nH]c2ccccc12)C(=O)N1CCCC1C(=O)NC(CO)C(=O)O. The molecule has 0 radical (unpaired) electrons. The van der Waals surface area contributed by atoms with E-state index in [0.717, 1.165) is 16.5 Å². The molecule has 1 aromatic carbocycles. The molecule has 3 amide bonds. The number of carbonyl (C=O) groups is 4. The zero-order valence-corrected chi connectivity index (χ0v) is 20.9. The molecule has 1 fully saturated rings. The number of aliphatic carboxylic acids is 1. The standard InChI is InChI=1S/C24H33N5O6S/c1-36-10-8-18(23(33)29-9-4-7-20(29)22(32)28-19(13-30)24(34)35)27-21(31)16(25)11-14-12-26-17-6-3-2-5-15(14)17/h2-3,5-6,12,16,18-20,26,30H,4,7-11,13,25H2,1H3,(H,27,31)(H,28,32)(H,34,35). The third kappa shape index (κ3) is 6.56. The van der Waals surface area contributed by atoms with Crippen LogP contribution in [0.15, 0.2) is 30.5 Å². The zero-order valence-electron chi connectivity index (χ0n) is 20.1. The van der Waals surface area contributed by atoms with Gasteiger partial charge >= 0.3 is 5.97 Å². The molecule has 36 heavy (non-hydrogen) atoms. The van der Waals surface area contributed by atoms with Crippen molar-refractivity contribution in [3.8, 4) is 0 Å². The molecule has 4 atom stereocenters. The number of aromatic amines is 1. The number of carboxylic acid groups (broad SMARTS) is 1. The Morgan fingerprint density at radius 1 is 1.22 bits per heavy atom. The smallest absolute Gasteiger partial charge is 0.328 e. The van der Waals surface area contributed by atoms with E-state index in [9.17, 15) is 24.3 Å². The maximum Gasteiger partial charge on any atom is 0.328 e. The van der Waals surface area contributed by atoms with Gasteiger partial charge in [-0.15, -0.1) is 0 Å². The van der Waals surface area contributed by atoms with Gasteiger partial charge in [0.15, 0.2) is 0 Å². The molecule has 7 N–H and O–H groups in total. The summed E-state index contributed by atoms with van der Waals surface area (Å²) in [5.74, 6) is -2.29. The minimum Gasteiger partial charge on any atom is -0.480 e. The number of thioether (sulfide) groups is 1. The highest BCUT2D eigenvalue weighted by Crippen LogP contribution is 2.21. The first-order valence-electron chi connectivity index (χ1n) is 11.8. The fourth-order valence-electron chi connectivity index (χ4n) is 4.36. The fraction of sp³-hybridized carbons (Fsp3) is 0.500. The van der Waals surface area contributed by atoms with Crippen LogP contribution >= 0.6 is 11.8 Å². The Hall–Kier alpha value is -3.09. The number of aromatic nitrogens is 1. The normalized spacial score (nSPS) is 18.0. The lowest BCUT2D eigenvalue weighted by Gasteiger charge is -2.29. The van der Waals surface area contributed by atoms with Gasteiger partial charge in [0.05, 0.1) is 12.6 Å². The summed E-state index contributed by atoms with van der Waals surface area (Å²) in [5.41, 5.74) is 8.04. The Balaban J connectivity index is 1.68. The van der Waals surface area contributed by atoms with Crippen LogP contribution in [0.4, 0.5) is 0 Å². The number of hydrogen-bond acceptors (Lipinski definition) is 7. The van der Waals surface area contributed by atoms with Gasteiger partial charge in [0.1, 0.15) is 18.1 Å². The lowest BCUT2D eigenvalue weighted by Crippen LogP contribution is -2.57. The van der Waals surface area contributed by atoms with Crippen LogP contribution in [0.25, 0.3) is 10.9 Å². The van der Waals surface area contributed by atoms with E-state index < -0.39 is 54.5 Å². The number of H-pyrrole nitrogens is 1. The maximum absolute atomic E-state index is 13.4. The minimum atomic E-state index is -1.45. The number of fused-ring (bicyclic) bond motifs is 1. The second-order valence-electron chi connectivity index (χ2n) is 8.78. The Labute approximate surface area is 213 Å². The maximum atomic E-state index is 13.4. The molecule has 2 aromatic rings. The third-order valence-electron chi connectivity index (χ3n) is 6.31. The van der Waals surface area contributed by atoms with Crippen LogP contribution < -0.4 is 16.4 Å². The summed E-state index contributed by atoms with van der Waals surface area (Å²) < 4.78 is 0. The number of amides is 3. The number of aliphatic hydroxyl groups excluding tert-OH is 1. The van der Waals surface area contributed by atoms with Crippen molar-refractivity contribution in [2.24, 2.45) is 5.73 Å². The summed E-state index contributed by atoms with van der Waals surface area (Å²) in [7, 11) is 0. The van der Waals surface area contributed by atoms with Gasteiger partial charge in [0.25, 0.3) is 0 Å². The van der Waals surface area contributed by atoms with Crippen molar-refractivity contribution in [1.82, 2.24) is 20.5 Å². The molecule has 1 aliphatic heterocycles. The van der Waals surface area contributed by atoms with E-state index in [4.69, 9.17) is 10.8 Å². The molecule has 0 bridgehead atoms. The number of carboxylic acids is 1. The molecule has 1 aromatic heterocycles. The van der Waals surface area contributed by atoms with E-state index in [1.165, 1.54) is 16.7 Å². The van der Waals surface area contributed by atoms with Gasteiger partial charge in [-0.25, -0.2) is 4.79 Å². The summed E-state index contributed by atoms with van der Waals surface area (Å²) in [6, 6.07) is 3.61. The molecular weight excluding hydrogens is 486 g/mol. The summed E-state index contributed by atoms with van der Waals surface area (Å²) in [6.45, 7) is -0.455. The number of nitrogens with zero attached hydrogens (tertiary/aromatic N) is 1. The molecule has 11 nitrogen and oxygen atoms in total. The lowest BCUT2D eigenvalue weighted by atomic mass is 10.0. The van der Waals surface area contributed by atoms with Gasteiger partial charge in [0.2, 0.25) is 17.7 Å². The molecule has 2 heterocycles. The van der Waals surface area contributed by atoms with Crippen molar-refractivity contribution in [2.75, 3.05) is 25.2 Å². The van der Waals surface area contributed by atoms with Crippen molar-refractivity contribution in [3.05, 3.63) is 36.0 Å². The van der Waals surface area contributed by atoms with Crippen LogP contribution in [-0.4, -0.2) is 93.1 Å². The van der Waals surface area contributed by atoms with E-state index in [1.54, 1.807) is 0 Å². The molecule has 3 rings (SSSR count). The number of aliphatic hydroxyl groups is 1. The lowest BCUT2D eigenvalue weighted by molar-refractivity contribution is -0.145. The van der Waals surface area contributed by atoms with Gasteiger partial charge in [0, 0.05) is 23.6 Å². The van der Waals surface area contributed by atoms with Gasteiger partial charge in [-0.1, -0.05) is 18.2 Å². The van der Waals surface area contributed by atoms with Gasteiger partial charge in [-0.05, 0) is 49.3 Å². The minimum absolute atomic E-state index is 0.283. The first-order valence-corrected chi connectivity index (χ1v) is 13.2. The van der Waals surface area contributed by atoms with Crippen molar-refractivity contribution in [1.29, 1.82) is 0 Å². The number of rotatable bonds is 12. The van der Waals surface area contributed by atoms with E-state index in [1.807, 2.05) is 36.7 Å². The number of carbonyl (C=O) groups excluding carboxylic acids is 3.